The van der Waals surface area contributed by atoms with Crippen LogP contribution in [0.3, 0.4) is 0 Å². The Morgan fingerprint density at radius 1 is 1.11 bits per heavy atom. The van der Waals surface area contributed by atoms with Gasteiger partial charge < -0.3 is 4.42 Å². The van der Waals surface area contributed by atoms with Crippen LogP contribution in [0.4, 0.5) is 6.01 Å². The minimum atomic E-state index is -3.50. The highest BCUT2D eigenvalue weighted by molar-refractivity contribution is 7.89. The number of benzene rings is 1. The molecule has 3 aromatic rings. The average molecular weight is 404 g/mol. The van der Waals surface area contributed by atoms with E-state index in [-0.39, 0.29) is 10.9 Å². The molecule has 1 aliphatic rings. The maximum Gasteiger partial charge on any atom is 0.322 e. The maximum absolute atomic E-state index is 12.5. The number of sulfonamides is 1. The van der Waals surface area contributed by atoms with Crippen LogP contribution in [0, 0.1) is 0 Å². The molecule has 0 atom stereocenters. The van der Waals surface area contributed by atoms with Crippen LogP contribution in [0.15, 0.2) is 51.1 Å². The summed E-state index contributed by atoms with van der Waals surface area (Å²) in [4.78, 5) is 13.3. The van der Waals surface area contributed by atoms with Crippen molar-refractivity contribution in [3.05, 3.63) is 47.3 Å². The van der Waals surface area contributed by atoms with E-state index in [2.05, 4.69) is 15.5 Å². The molecule has 27 heavy (non-hydrogen) atoms. The Labute approximate surface area is 159 Å². The van der Waals surface area contributed by atoms with Crippen LogP contribution in [-0.2, 0) is 10.0 Å². The fourth-order valence-electron chi connectivity index (χ4n) is 2.80. The number of nitrogens with one attached hydrogen (secondary N) is 1. The van der Waals surface area contributed by atoms with Gasteiger partial charge in [-0.15, -0.1) is 16.4 Å². The lowest BCUT2D eigenvalue weighted by molar-refractivity contribution is 0.102. The van der Waals surface area contributed by atoms with Crippen LogP contribution in [0.25, 0.3) is 10.8 Å². The fourth-order valence-corrected chi connectivity index (χ4v) is 4.96. The smallest absolute Gasteiger partial charge is 0.322 e. The normalized spacial score (nSPS) is 15.1. The Balaban J connectivity index is 1.46. The highest BCUT2D eigenvalue weighted by Gasteiger charge is 2.27. The summed E-state index contributed by atoms with van der Waals surface area (Å²) in [6.07, 6.45) is 1.74. The van der Waals surface area contributed by atoms with Gasteiger partial charge in [0.1, 0.15) is 0 Å². The van der Waals surface area contributed by atoms with Gasteiger partial charge in [0.05, 0.1) is 9.77 Å². The van der Waals surface area contributed by atoms with Gasteiger partial charge in [0.2, 0.25) is 10.0 Å². The molecular formula is C17H16N4O4S2. The number of hydrogen-bond acceptors (Lipinski definition) is 7. The minimum Gasteiger partial charge on any atom is -0.402 e. The number of nitrogens with zero attached hydrogens (tertiary/aromatic N) is 3. The second kappa shape index (κ2) is 7.22. The zero-order chi connectivity index (χ0) is 18.9. The molecule has 0 aliphatic carbocycles. The number of anilines is 1. The predicted octanol–water partition coefficient (Wildman–Crippen LogP) is 2.83. The Kier molecular flexibility index (Phi) is 4.77. The maximum atomic E-state index is 12.5. The summed E-state index contributed by atoms with van der Waals surface area (Å²) in [5, 5.41) is 12.1. The first kappa shape index (κ1) is 17.8. The van der Waals surface area contributed by atoms with Gasteiger partial charge >= 0.3 is 6.01 Å². The van der Waals surface area contributed by atoms with Crippen LogP contribution in [0.5, 0.6) is 0 Å². The molecule has 0 unspecified atom stereocenters. The van der Waals surface area contributed by atoms with Crippen LogP contribution in [0.1, 0.15) is 23.2 Å². The van der Waals surface area contributed by atoms with Gasteiger partial charge in [0.15, 0.2) is 0 Å². The highest BCUT2D eigenvalue weighted by atomic mass is 32.2. The van der Waals surface area contributed by atoms with Crippen molar-refractivity contribution in [1.29, 1.82) is 0 Å². The van der Waals surface area contributed by atoms with Crippen LogP contribution >= 0.6 is 11.3 Å². The van der Waals surface area contributed by atoms with E-state index in [1.165, 1.54) is 39.9 Å². The molecule has 4 rings (SSSR count). The molecule has 0 bridgehead atoms. The summed E-state index contributed by atoms with van der Waals surface area (Å²) in [6, 6.07) is 9.49. The van der Waals surface area contributed by atoms with Crippen molar-refractivity contribution in [2.24, 2.45) is 0 Å². The predicted molar refractivity (Wildman–Crippen MR) is 100.0 cm³/mol. The van der Waals surface area contributed by atoms with Crippen LogP contribution in [0.2, 0.25) is 0 Å². The lowest BCUT2D eigenvalue weighted by Gasteiger charge is -2.15. The summed E-state index contributed by atoms with van der Waals surface area (Å²) in [5.74, 6) is -0.131. The number of carbonyl (C=O) groups excluding carboxylic acids is 1. The average Bonchev–Trinajstić information content (AvgIpc) is 3.42. The zero-order valence-electron chi connectivity index (χ0n) is 14.2. The van der Waals surface area contributed by atoms with Gasteiger partial charge in [-0.1, -0.05) is 11.2 Å². The summed E-state index contributed by atoms with van der Waals surface area (Å²) < 4.78 is 31.9. The van der Waals surface area contributed by atoms with Crippen LogP contribution < -0.4 is 5.32 Å². The summed E-state index contributed by atoms with van der Waals surface area (Å²) >= 11 is 1.45. The van der Waals surface area contributed by atoms with Gasteiger partial charge in [-0.05, 0) is 48.6 Å². The molecule has 1 saturated heterocycles. The molecule has 8 nitrogen and oxygen atoms in total. The van der Waals surface area contributed by atoms with E-state index in [0.717, 1.165) is 17.7 Å². The van der Waals surface area contributed by atoms with Crippen molar-refractivity contribution in [3.63, 3.8) is 0 Å². The van der Waals surface area contributed by atoms with Crippen molar-refractivity contribution in [1.82, 2.24) is 14.5 Å². The SMILES string of the molecule is O=C(Nc1nnc(-c2cccs2)o1)c1ccc(S(=O)(=O)N2CCCC2)cc1. The number of thiophene rings is 1. The van der Waals surface area contributed by atoms with Crippen molar-refractivity contribution in [2.75, 3.05) is 18.4 Å². The highest BCUT2D eigenvalue weighted by Crippen LogP contribution is 2.25. The number of amides is 1. The number of aromatic nitrogens is 2. The third kappa shape index (κ3) is 3.64. The molecule has 1 aromatic carbocycles. The van der Waals surface area contributed by atoms with E-state index in [1.807, 2.05) is 17.5 Å². The first-order valence-electron chi connectivity index (χ1n) is 8.33. The fraction of sp³-hybridized carbons (Fsp3) is 0.235. The molecule has 1 aliphatic heterocycles. The molecule has 0 spiro atoms. The quantitative estimate of drug-likeness (QED) is 0.701. The van der Waals surface area contributed by atoms with Gasteiger partial charge in [0, 0.05) is 18.7 Å². The molecule has 140 valence electrons. The topological polar surface area (TPSA) is 105 Å². The third-order valence-electron chi connectivity index (χ3n) is 4.20. The largest absolute Gasteiger partial charge is 0.402 e. The monoisotopic (exact) mass is 404 g/mol. The second-order valence-corrected chi connectivity index (χ2v) is 8.86. The molecular weight excluding hydrogens is 388 g/mol. The Bertz CT molecular complexity index is 1040. The molecule has 1 fully saturated rings. The Morgan fingerprint density at radius 3 is 2.52 bits per heavy atom. The molecule has 0 radical (unpaired) electrons. The molecule has 10 heteroatoms. The van der Waals surface area contributed by atoms with Crippen molar-refractivity contribution in [3.8, 4) is 10.8 Å². The van der Waals surface area contributed by atoms with E-state index in [9.17, 15) is 13.2 Å². The lowest BCUT2D eigenvalue weighted by atomic mass is 10.2. The first-order valence-corrected chi connectivity index (χ1v) is 10.6. The van der Waals surface area contributed by atoms with Crippen molar-refractivity contribution in [2.45, 2.75) is 17.7 Å². The summed E-state index contributed by atoms with van der Waals surface area (Å²) in [5.41, 5.74) is 0.297. The molecule has 0 saturated carbocycles. The summed E-state index contributed by atoms with van der Waals surface area (Å²) in [7, 11) is -3.50. The van der Waals surface area contributed by atoms with Gasteiger partial charge in [0.25, 0.3) is 11.8 Å². The second-order valence-electron chi connectivity index (χ2n) is 5.98. The molecule has 1 N–H and O–H groups in total. The van der Waals surface area contributed by atoms with Crippen LogP contribution in [-0.4, -0.2) is 41.9 Å². The lowest BCUT2D eigenvalue weighted by Crippen LogP contribution is -2.27. The number of rotatable bonds is 5. The standard InChI is InChI=1S/C17H16N4O4S2/c22-15(18-17-20-19-16(25-17)14-4-3-11-26-14)12-5-7-13(8-6-12)27(23,24)21-9-1-2-10-21/h3-8,11H,1-2,9-10H2,(H,18,20,22). The number of hydrogen-bond donors (Lipinski definition) is 1. The van der Waals surface area contributed by atoms with Crippen molar-refractivity contribution >= 4 is 33.3 Å². The van der Waals surface area contributed by atoms with E-state index < -0.39 is 15.9 Å². The molecule has 2 aromatic heterocycles. The van der Waals surface area contributed by atoms with E-state index in [4.69, 9.17) is 4.42 Å². The van der Waals surface area contributed by atoms with E-state index >= 15 is 0 Å². The Morgan fingerprint density at radius 2 is 1.85 bits per heavy atom. The van der Waals surface area contributed by atoms with Crippen molar-refractivity contribution < 1.29 is 17.6 Å². The Hall–Kier alpha value is -2.56. The zero-order valence-corrected chi connectivity index (χ0v) is 15.8. The molecule has 1 amide bonds. The minimum absolute atomic E-state index is 0.0165. The number of carbonyl (C=O) groups is 1. The van der Waals surface area contributed by atoms with E-state index in [1.54, 1.807) is 0 Å². The molecule has 3 heterocycles. The van der Waals surface area contributed by atoms with Gasteiger partial charge in [-0.2, -0.15) is 4.31 Å². The first-order chi connectivity index (χ1) is 13.0. The van der Waals surface area contributed by atoms with Gasteiger partial charge in [-0.25, -0.2) is 8.42 Å². The van der Waals surface area contributed by atoms with Gasteiger partial charge in [-0.3, -0.25) is 10.1 Å². The van der Waals surface area contributed by atoms with E-state index in [0.29, 0.717) is 24.5 Å². The summed E-state index contributed by atoms with van der Waals surface area (Å²) in [6.45, 7) is 1.07. The third-order valence-corrected chi connectivity index (χ3v) is 6.97.